The van der Waals surface area contributed by atoms with Crippen LogP contribution in [0.2, 0.25) is 0 Å². The summed E-state index contributed by atoms with van der Waals surface area (Å²) in [5, 5.41) is 8.50. The molecule has 13 nitrogen and oxygen atoms in total. The zero-order valence-corrected chi connectivity index (χ0v) is 32.4. The SMILES string of the molecule is CNCCOCCOCCOc1cccc(C(=O)c2csc([C@@H]3CCCN3C(=O)[C@@H](NC(=O)[C@H](C)N(C)C(=O)OC(C)(C)C)C3CCCCC3)n2)c1. The molecule has 0 unspecified atom stereocenters. The van der Waals surface area contributed by atoms with Crippen LogP contribution in [-0.4, -0.2) is 116 Å². The minimum Gasteiger partial charge on any atom is -0.491 e. The van der Waals surface area contributed by atoms with Gasteiger partial charge in [0, 0.05) is 31.1 Å². The predicted molar refractivity (Wildman–Crippen MR) is 199 cm³/mol. The Balaban J connectivity index is 1.39. The fourth-order valence-corrected chi connectivity index (χ4v) is 7.34. The Morgan fingerprint density at radius 3 is 2.42 bits per heavy atom. The number of nitrogens with one attached hydrogen (secondary N) is 2. The number of aromatic nitrogens is 1. The second kappa shape index (κ2) is 20.0. The van der Waals surface area contributed by atoms with E-state index in [0.717, 1.165) is 45.1 Å². The second-order valence-corrected chi connectivity index (χ2v) is 15.3. The summed E-state index contributed by atoms with van der Waals surface area (Å²) >= 11 is 1.37. The van der Waals surface area contributed by atoms with E-state index in [9.17, 15) is 19.2 Å². The molecular weight excluding hydrogens is 687 g/mol. The number of hydrogen-bond acceptors (Lipinski definition) is 11. The molecule has 1 saturated carbocycles. The van der Waals surface area contributed by atoms with Gasteiger partial charge in [-0.2, -0.15) is 0 Å². The van der Waals surface area contributed by atoms with Gasteiger partial charge in [0.25, 0.3) is 0 Å². The van der Waals surface area contributed by atoms with E-state index in [2.05, 4.69) is 10.6 Å². The maximum atomic E-state index is 14.4. The van der Waals surface area contributed by atoms with Crippen molar-refractivity contribution in [3.05, 3.63) is 45.9 Å². The Morgan fingerprint density at radius 2 is 1.71 bits per heavy atom. The third kappa shape index (κ3) is 12.0. The van der Waals surface area contributed by atoms with Crippen LogP contribution in [0.4, 0.5) is 4.79 Å². The smallest absolute Gasteiger partial charge is 0.410 e. The molecule has 14 heteroatoms. The highest BCUT2D eigenvalue weighted by molar-refractivity contribution is 7.10. The third-order valence-corrected chi connectivity index (χ3v) is 10.3. The number of rotatable bonds is 18. The van der Waals surface area contributed by atoms with Crippen molar-refractivity contribution in [1.82, 2.24) is 25.4 Å². The molecule has 1 aromatic heterocycles. The van der Waals surface area contributed by atoms with Crippen LogP contribution >= 0.6 is 11.3 Å². The first-order valence-electron chi connectivity index (χ1n) is 18.5. The summed E-state index contributed by atoms with van der Waals surface area (Å²) in [6.07, 6.45) is 5.65. The van der Waals surface area contributed by atoms with E-state index in [1.165, 1.54) is 23.3 Å². The summed E-state index contributed by atoms with van der Waals surface area (Å²) in [7, 11) is 3.40. The molecule has 4 rings (SSSR count). The molecule has 2 aliphatic rings. The fourth-order valence-electron chi connectivity index (χ4n) is 6.39. The van der Waals surface area contributed by atoms with Crippen molar-refractivity contribution in [2.45, 2.75) is 96.4 Å². The van der Waals surface area contributed by atoms with Gasteiger partial charge in [0.1, 0.15) is 40.7 Å². The number of likely N-dealkylation sites (tertiary alicyclic amines) is 1. The minimum absolute atomic E-state index is 0.0118. The van der Waals surface area contributed by atoms with Gasteiger partial charge >= 0.3 is 6.09 Å². The maximum absolute atomic E-state index is 14.4. The molecule has 0 spiro atoms. The molecule has 288 valence electrons. The molecule has 3 amide bonds. The summed E-state index contributed by atoms with van der Waals surface area (Å²) in [5.74, 6) is -0.228. The number of benzene rings is 1. The molecule has 0 radical (unpaired) electrons. The Labute approximate surface area is 312 Å². The van der Waals surface area contributed by atoms with Crippen LogP contribution in [0.5, 0.6) is 5.75 Å². The van der Waals surface area contributed by atoms with E-state index in [0.29, 0.717) is 68.0 Å². The van der Waals surface area contributed by atoms with E-state index in [4.69, 9.17) is 23.9 Å². The van der Waals surface area contributed by atoms with Crippen LogP contribution in [0.25, 0.3) is 0 Å². The molecule has 0 bridgehead atoms. The standard InChI is InChI=1S/C38H57N5O8S/c1-26(42(6)37(47)51-38(2,3)4)34(45)41-32(27-12-8-7-9-13-27)36(46)43-18-11-16-31(43)35-40-30(25-52-35)33(44)28-14-10-15-29(24-28)50-23-22-49-21-20-48-19-17-39-5/h10,14-15,24-27,31-32,39H,7-9,11-13,16-23H2,1-6H3,(H,41,45)/t26-,31-,32-/m0/s1. The summed E-state index contributed by atoms with van der Waals surface area (Å²) in [6, 6.07) is 5.13. The topological polar surface area (TPSA) is 149 Å². The molecule has 1 aliphatic carbocycles. The van der Waals surface area contributed by atoms with Crippen molar-refractivity contribution in [3.8, 4) is 5.75 Å². The number of carbonyl (C=O) groups excluding carboxylic acids is 4. The number of likely N-dealkylation sites (N-methyl/N-ethyl adjacent to an activating group) is 2. The van der Waals surface area contributed by atoms with Crippen molar-refractivity contribution < 1.29 is 38.1 Å². The molecule has 3 atom stereocenters. The van der Waals surface area contributed by atoms with Crippen LogP contribution in [0.3, 0.4) is 0 Å². The molecule has 2 heterocycles. The van der Waals surface area contributed by atoms with Gasteiger partial charge in [-0.3, -0.25) is 19.3 Å². The van der Waals surface area contributed by atoms with Gasteiger partial charge in [0.15, 0.2) is 0 Å². The van der Waals surface area contributed by atoms with E-state index in [-0.39, 0.29) is 23.7 Å². The molecule has 2 fully saturated rings. The first-order chi connectivity index (χ1) is 24.9. The monoisotopic (exact) mass is 743 g/mol. The minimum atomic E-state index is -0.841. The fraction of sp³-hybridized carbons (Fsp3) is 0.658. The van der Waals surface area contributed by atoms with Gasteiger partial charge in [-0.05, 0) is 78.5 Å². The van der Waals surface area contributed by atoms with Gasteiger partial charge in [0.05, 0.1) is 32.5 Å². The van der Waals surface area contributed by atoms with Crippen molar-refractivity contribution in [3.63, 3.8) is 0 Å². The highest BCUT2D eigenvalue weighted by atomic mass is 32.1. The van der Waals surface area contributed by atoms with Crippen molar-refractivity contribution in [2.75, 3.05) is 60.2 Å². The number of carbonyl (C=O) groups is 4. The Morgan fingerprint density at radius 1 is 1.00 bits per heavy atom. The summed E-state index contributed by atoms with van der Waals surface area (Å²) < 4.78 is 22.3. The molecule has 1 aromatic carbocycles. The lowest BCUT2D eigenvalue weighted by atomic mass is 9.83. The van der Waals surface area contributed by atoms with E-state index in [1.54, 1.807) is 57.3 Å². The summed E-state index contributed by atoms with van der Waals surface area (Å²) in [4.78, 5) is 62.0. The molecule has 52 heavy (non-hydrogen) atoms. The first kappa shape index (κ1) is 41.2. The number of amides is 3. The van der Waals surface area contributed by atoms with E-state index < -0.39 is 29.7 Å². The summed E-state index contributed by atoms with van der Waals surface area (Å²) in [6.45, 7) is 10.6. The van der Waals surface area contributed by atoms with Crippen LogP contribution in [0.15, 0.2) is 29.6 Å². The average molecular weight is 744 g/mol. The summed E-state index contributed by atoms with van der Waals surface area (Å²) in [5.41, 5.74) is 0.0657. The van der Waals surface area contributed by atoms with Crippen molar-refractivity contribution in [2.24, 2.45) is 5.92 Å². The van der Waals surface area contributed by atoms with Crippen LogP contribution in [-0.2, 0) is 23.8 Å². The normalized spacial score (nSPS) is 17.7. The zero-order valence-electron chi connectivity index (χ0n) is 31.6. The lowest BCUT2D eigenvalue weighted by molar-refractivity contribution is -0.140. The number of hydrogen-bond donors (Lipinski definition) is 2. The number of ether oxygens (including phenoxy) is 4. The highest BCUT2D eigenvalue weighted by Crippen LogP contribution is 2.36. The third-order valence-electron chi connectivity index (χ3n) is 9.36. The molecule has 2 aromatic rings. The van der Waals surface area contributed by atoms with Crippen molar-refractivity contribution >= 4 is 35.0 Å². The zero-order chi connectivity index (χ0) is 37.7. The van der Waals surface area contributed by atoms with E-state index >= 15 is 0 Å². The van der Waals surface area contributed by atoms with Crippen LogP contribution in [0, 0.1) is 5.92 Å². The quantitative estimate of drug-likeness (QED) is 0.158. The van der Waals surface area contributed by atoms with Crippen LogP contribution < -0.4 is 15.4 Å². The van der Waals surface area contributed by atoms with Gasteiger partial charge in [-0.1, -0.05) is 31.4 Å². The van der Waals surface area contributed by atoms with Gasteiger partial charge in [0.2, 0.25) is 17.6 Å². The molecular formula is C38H57N5O8S. The number of ketones is 1. The molecule has 1 saturated heterocycles. The van der Waals surface area contributed by atoms with Gasteiger partial charge in [-0.15, -0.1) is 11.3 Å². The lowest BCUT2D eigenvalue weighted by Crippen LogP contribution is -2.56. The van der Waals surface area contributed by atoms with Gasteiger partial charge in [-0.25, -0.2) is 9.78 Å². The number of nitrogens with zero attached hydrogens (tertiary/aromatic N) is 3. The molecule has 1 aliphatic heterocycles. The first-order valence-corrected chi connectivity index (χ1v) is 19.4. The lowest BCUT2D eigenvalue weighted by Gasteiger charge is -2.36. The highest BCUT2D eigenvalue weighted by Gasteiger charge is 2.41. The average Bonchev–Trinajstić information content (AvgIpc) is 3.82. The largest absolute Gasteiger partial charge is 0.491 e. The van der Waals surface area contributed by atoms with Gasteiger partial charge < -0.3 is 34.5 Å². The Hall–Kier alpha value is -3.59. The predicted octanol–water partition coefficient (Wildman–Crippen LogP) is 4.99. The second-order valence-electron chi connectivity index (χ2n) is 14.4. The molecule has 2 N–H and O–H groups in total. The van der Waals surface area contributed by atoms with E-state index in [1.807, 2.05) is 11.9 Å². The van der Waals surface area contributed by atoms with Crippen molar-refractivity contribution in [1.29, 1.82) is 0 Å². The Kier molecular flexibility index (Phi) is 15.9. The maximum Gasteiger partial charge on any atom is 0.410 e. The Bertz CT molecular complexity index is 1470. The van der Waals surface area contributed by atoms with Crippen LogP contribution in [0.1, 0.15) is 99.7 Å². The number of thiazole rings is 1.